The first-order valence-electron chi connectivity index (χ1n) is 5.25. The number of amides is 1. The average molecular weight is 240 g/mol. The van der Waals surface area contributed by atoms with E-state index >= 15 is 0 Å². The van der Waals surface area contributed by atoms with Crippen molar-refractivity contribution in [1.29, 1.82) is 0 Å². The molecule has 94 valence electrons. The lowest BCUT2D eigenvalue weighted by atomic mass is 10.3. The fraction of sp³-hybridized carbons (Fsp3) is 0.600. The number of hydrogen-bond acceptors (Lipinski definition) is 5. The number of esters is 1. The summed E-state index contributed by atoms with van der Waals surface area (Å²) < 4.78 is 5.96. The lowest BCUT2D eigenvalue weighted by molar-refractivity contribution is -0.148. The van der Waals surface area contributed by atoms with Gasteiger partial charge < -0.3 is 9.64 Å². The van der Waals surface area contributed by atoms with E-state index < -0.39 is 5.97 Å². The number of ether oxygens (including phenoxy) is 1. The van der Waals surface area contributed by atoms with Crippen molar-refractivity contribution in [2.45, 2.75) is 26.4 Å². The Morgan fingerprint density at radius 1 is 1.47 bits per heavy atom. The zero-order valence-corrected chi connectivity index (χ0v) is 10.2. The van der Waals surface area contributed by atoms with Crippen molar-refractivity contribution < 1.29 is 14.3 Å². The van der Waals surface area contributed by atoms with E-state index in [0.717, 1.165) is 0 Å². The number of rotatable bonds is 5. The summed E-state index contributed by atoms with van der Waals surface area (Å²) in [4.78, 5) is 24.6. The van der Waals surface area contributed by atoms with Gasteiger partial charge in [-0.25, -0.2) is 4.68 Å². The molecule has 0 saturated carbocycles. The van der Waals surface area contributed by atoms with E-state index in [2.05, 4.69) is 15.0 Å². The summed E-state index contributed by atoms with van der Waals surface area (Å²) in [7, 11) is 1.29. The van der Waals surface area contributed by atoms with Crippen molar-refractivity contribution in [2.24, 2.45) is 0 Å². The Balaban J connectivity index is 2.64. The van der Waals surface area contributed by atoms with Crippen molar-refractivity contribution in [1.82, 2.24) is 19.9 Å². The summed E-state index contributed by atoms with van der Waals surface area (Å²) in [5.74, 6) is -0.637. The Morgan fingerprint density at radius 3 is 2.65 bits per heavy atom. The van der Waals surface area contributed by atoms with E-state index in [1.165, 1.54) is 22.9 Å². The maximum Gasteiger partial charge on any atom is 0.325 e. The molecule has 0 aliphatic heterocycles. The predicted molar refractivity (Wildman–Crippen MR) is 58.9 cm³/mol. The Kier molecular flexibility index (Phi) is 4.62. The van der Waals surface area contributed by atoms with Gasteiger partial charge in [-0.2, -0.15) is 0 Å². The van der Waals surface area contributed by atoms with E-state index in [9.17, 15) is 9.59 Å². The van der Waals surface area contributed by atoms with Gasteiger partial charge in [0.2, 0.25) is 5.91 Å². The van der Waals surface area contributed by atoms with Crippen molar-refractivity contribution >= 4 is 11.9 Å². The standard InChI is InChI=1S/C10H16N4O3/c1-8(2)14(7-10(16)17-3)9(15)6-13-5-4-11-12-13/h4-5,8H,6-7H2,1-3H3. The molecular weight excluding hydrogens is 224 g/mol. The Hall–Kier alpha value is -1.92. The van der Waals surface area contributed by atoms with Crippen LogP contribution in [0.25, 0.3) is 0 Å². The van der Waals surface area contributed by atoms with Gasteiger partial charge in [0.25, 0.3) is 0 Å². The third-order valence-electron chi connectivity index (χ3n) is 2.24. The van der Waals surface area contributed by atoms with Crippen LogP contribution in [0.15, 0.2) is 12.4 Å². The van der Waals surface area contributed by atoms with E-state index in [1.54, 1.807) is 6.20 Å². The van der Waals surface area contributed by atoms with Crippen LogP contribution in [0.4, 0.5) is 0 Å². The minimum absolute atomic E-state index is 0.0539. The lowest BCUT2D eigenvalue weighted by Gasteiger charge is -2.25. The number of hydrogen-bond donors (Lipinski definition) is 0. The molecule has 0 radical (unpaired) electrons. The fourth-order valence-electron chi connectivity index (χ4n) is 1.31. The van der Waals surface area contributed by atoms with Gasteiger partial charge in [-0.05, 0) is 13.8 Å². The van der Waals surface area contributed by atoms with Crippen molar-refractivity contribution in [3.05, 3.63) is 12.4 Å². The Morgan fingerprint density at radius 2 is 2.18 bits per heavy atom. The van der Waals surface area contributed by atoms with Crippen LogP contribution in [0.3, 0.4) is 0 Å². The third kappa shape index (κ3) is 3.86. The van der Waals surface area contributed by atoms with Crippen molar-refractivity contribution in [3.8, 4) is 0 Å². The highest BCUT2D eigenvalue weighted by Gasteiger charge is 2.20. The molecule has 0 bridgehead atoms. The summed E-state index contributed by atoms with van der Waals surface area (Å²) in [6.45, 7) is 3.68. The number of nitrogens with zero attached hydrogens (tertiary/aromatic N) is 4. The molecule has 1 rings (SSSR count). The normalized spacial score (nSPS) is 10.4. The molecule has 1 aromatic heterocycles. The highest BCUT2D eigenvalue weighted by Crippen LogP contribution is 2.01. The van der Waals surface area contributed by atoms with Gasteiger partial charge in [-0.3, -0.25) is 9.59 Å². The SMILES string of the molecule is COC(=O)CN(C(=O)Cn1ccnn1)C(C)C. The molecule has 17 heavy (non-hydrogen) atoms. The predicted octanol–water partition coefficient (Wildman–Crippen LogP) is -0.312. The van der Waals surface area contributed by atoms with Gasteiger partial charge in [0.05, 0.1) is 13.3 Å². The first kappa shape index (κ1) is 13.1. The minimum Gasteiger partial charge on any atom is -0.468 e. The number of aromatic nitrogens is 3. The zero-order chi connectivity index (χ0) is 12.8. The van der Waals surface area contributed by atoms with Gasteiger partial charge in [0.15, 0.2) is 0 Å². The molecule has 0 spiro atoms. The van der Waals surface area contributed by atoms with Crippen molar-refractivity contribution in [2.75, 3.05) is 13.7 Å². The first-order valence-corrected chi connectivity index (χ1v) is 5.25. The van der Waals surface area contributed by atoms with Crippen molar-refractivity contribution in [3.63, 3.8) is 0 Å². The van der Waals surface area contributed by atoms with Crippen LogP contribution in [-0.2, 0) is 20.9 Å². The molecular formula is C10H16N4O3. The third-order valence-corrected chi connectivity index (χ3v) is 2.24. The highest BCUT2D eigenvalue weighted by atomic mass is 16.5. The average Bonchev–Trinajstić information content (AvgIpc) is 2.77. The lowest BCUT2D eigenvalue weighted by Crippen LogP contribution is -2.42. The second kappa shape index (κ2) is 5.97. The molecule has 1 amide bonds. The molecule has 0 unspecified atom stereocenters. The van der Waals surface area contributed by atoms with Crippen LogP contribution in [-0.4, -0.2) is 51.5 Å². The van der Waals surface area contributed by atoms with Gasteiger partial charge in [-0.15, -0.1) is 5.10 Å². The molecule has 0 atom stereocenters. The number of carbonyl (C=O) groups excluding carboxylic acids is 2. The smallest absolute Gasteiger partial charge is 0.325 e. The molecule has 1 aromatic rings. The van der Waals surface area contributed by atoms with E-state index in [-0.39, 0.29) is 25.0 Å². The summed E-state index contributed by atoms with van der Waals surface area (Å²) in [6, 6.07) is -0.0786. The molecule has 0 aromatic carbocycles. The van der Waals surface area contributed by atoms with Crippen LogP contribution < -0.4 is 0 Å². The zero-order valence-electron chi connectivity index (χ0n) is 10.2. The van der Waals surface area contributed by atoms with Crippen LogP contribution in [0.2, 0.25) is 0 Å². The second-order valence-electron chi connectivity index (χ2n) is 3.79. The van der Waals surface area contributed by atoms with Gasteiger partial charge >= 0.3 is 5.97 Å². The van der Waals surface area contributed by atoms with Crippen LogP contribution in [0, 0.1) is 0 Å². The number of carbonyl (C=O) groups is 2. The van der Waals surface area contributed by atoms with Crippen LogP contribution in [0.1, 0.15) is 13.8 Å². The monoisotopic (exact) mass is 240 g/mol. The van der Waals surface area contributed by atoms with Gasteiger partial charge in [0.1, 0.15) is 13.1 Å². The highest BCUT2D eigenvalue weighted by molar-refractivity contribution is 5.82. The van der Waals surface area contributed by atoms with Gasteiger partial charge in [-0.1, -0.05) is 5.21 Å². The van der Waals surface area contributed by atoms with E-state index in [0.29, 0.717) is 0 Å². The van der Waals surface area contributed by atoms with E-state index in [1.807, 2.05) is 13.8 Å². The Labute approximate surface area is 99.3 Å². The largest absolute Gasteiger partial charge is 0.468 e. The van der Waals surface area contributed by atoms with Gasteiger partial charge in [0, 0.05) is 12.2 Å². The second-order valence-corrected chi connectivity index (χ2v) is 3.79. The maximum absolute atomic E-state index is 11.9. The summed E-state index contributed by atoms with van der Waals surface area (Å²) >= 11 is 0. The quantitative estimate of drug-likeness (QED) is 0.660. The summed E-state index contributed by atoms with van der Waals surface area (Å²) in [6.07, 6.45) is 3.09. The molecule has 0 saturated heterocycles. The molecule has 0 fully saturated rings. The first-order chi connectivity index (χ1) is 8.04. The van der Waals surface area contributed by atoms with E-state index in [4.69, 9.17) is 0 Å². The summed E-state index contributed by atoms with van der Waals surface area (Å²) in [5.41, 5.74) is 0. The topological polar surface area (TPSA) is 77.3 Å². The minimum atomic E-state index is -0.439. The molecule has 7 nitrogen and oxygen atoms in total. The summed E-state index contributed by atoms with van der Waals surface area (Å²) in [5, 5.41) is 7.31. The molecule has 0 aliphatic carbocycles. The molecule has 0 N–H and O–H groups in total. The Bertz CT molecular complexity index is 375. The molecule has 0 aliphatic rings. The number of methoxy groups -OCH3 is 1. The molecule has 7 heteroatoms. The fourth-order valence-corrected chi connectivity index (χ4v) is 1.31. The van der Waals surface area contributed by atoms with Crippen LogP contribution >= 0.6 is 0 Å². The van der Waals surface area contributed by atoms with Crippen LogP contribution in [0.5, 0.6) is 0 Å². The molecule has 1 heterocycles. The maximum atomic E-state index is 11.9.